The molecule has 1 N–H and O–H groups in total. The van der Waals surface area contributed by atoms with E-state index in [1.807, 2.05) is 6.07 Å². The van der Waals surface area contributed by atoms with E-state index >= 15 is 0 Å². The van der Waals surface area contributed by atoms with Gasteiger partial charge in [0.1, 0.15) is 0 Å². The zero-order valence-corrected chi connectivity index (χ0v) is 18.9. The maximum atomic E-state index is 12.2. The predicted molar refractivity (Wildman–Crippen MR) is 125 cm³/mol. The number of nitrogens with zero attached hydrogens (tertiary/aromatic N) is 3. The molecule has 0 aliphatic carbocycles. The molecule has 1 saturated heterocycles. The quantitative estimate of drug-likeness (QED) is 0.577. The molecule has 0 spiro atoms. The van der Waals surface area contributed by atoms with Gasteiger partial charge < -0.3 is 19.7 Å². The van der Waals surface area contributed by atoms with Crippen molar-refractivity contribution < 1.29 is 14.3 Å². The molecule has 0 radical (unpaired) electrons. The van der Waals surface area contributed by atoms with Crippen LogP contribution in [0.5, 0.6) is 11.5 Å². The number of carbonyl (C=O) groups excluding carboxylic acids is 1. The largest absolute Gasteiger partial charge is 0.493 e. The smallest absolute Gasteiger partial charge is 0.220 e. The average molecular weight is 437 g/mol. The van der Waals surface area contributed by atoms with Crippen LogP contribution in [0.25, 0.3) is 0 Å². The number of para-hydroxylation sites is 1. The maximum absolute atomic E-state index is 12.2. The monoisotopic (exact) mass is 436 g/mol. The summed E-state index contributed by atoms with van der Waals surface area (Å²) < 4.78 is 11.0. The van der Waals surface area contributed by atoms with E-state index in [1.54, 1.807) is 25.3 Å². The Morgan fingerprint density at radius 2 is 1.88 bits per heavy atom. The molecule has 1 fully saturated rings. The summed E-state index contributed by atoms with van der Waals surface area (Å²) in [5, 5.41) is 12.0. The van der Waals surface area contributed by atoms with Crippen LogP contribution in [0.2, 0.25) is 0 Å². The molecule has 1 heterocycles. The molecular weight excluding hydrogens is 404 g/mol. The molecule has 0 bridgehead atoms. The van der Waals surface area contributed by atoms with Crippen LogP contribution in [0.15, 0.2) is 48.5 Å². The lowest BCUT2D eigenvalue weighted by Gasteiger charge is -2.39. The zero-order valence-electron chi connectivity index (χ0n) is 18.9. The van der Waals surface area contributed by atoms with Crippen LogP contribution in [0, 0.1) is 11.3 Å². The lowest BCUT2D eigenvalue weighted by atomic mass is 10.2. The maximum Gasteiger partial charge on any atom is 0.220 e. The first-order valence-electron chi connectivity index (χ1n) is 11.1. The van der Waals surface area contributed by atoms with Crippen LogP contribution in [-0.4, -0.2) is 63.3 Å². The number of hydrogen-bond acceptors (Lipinski definition) is 6. The number of rotatable bonds is 10. The minimum Gasteiger partial charge on any atom is -0.493 e. The van der Waals surface area contributed by atoms with Gasteiger partial charge in [0.15, 0.2) is 11.5 Å². The number of nitrogens with one attached hydrogen (secondary N) is 1. The second-order valence-electron chi connectivity index (χ2n) is 7.94. The minimum absolute atomic E-state index is 0.0372. The number of hydrogen-bond donors (Lipinski definition) is 1. The van der Waals surface area contributed by atoms with Crippen LogP contribution >= 0.6 is 0 Å². The van der Waals surface area contributed by atoms with E-state index in [2.05, 4.69) is 52.4 Å². The summed E-state index contributed by atoms with van der Waals surface area (Å²) in [6, 6.07) is 17.9. The van der Waals surface area contributed by atoms with Crippen molar-refractivity contribution in [3.05, 3.63) is 54.1 Å². The Morgan fingerprint density at radius 3 is 2.56 bits per heavy atom. The molecule has 3 rings (SSSR count). The van der Waals surface area contributed by atoms with Gasteiger partial charge >= 0.3 is 0 Å². The van der Waals surface area contributed by atoms with Crippen molar-refractivity contribution in [1.82, 2.24) is 10.2 Å². The summed E-state index contributed by atoms with van der Waals surface area (Å²) in [6.45, 7) is 7.20. The van der Waals surface area contributed by atoms with Gasteiger partial charge in [-0.3, -0.25) is 9.69 Å². The Morgan fingerprint density at radius 1 is 1.12 bits per heavy atom. The van der Waals surface area contributed by atoms with Gasteiger partial charge in [-0.15, -0.1) is 0 Å². The molecule has 7 heteroatoms. The third-order valence-electron chi connectivity index (χ3n) is 5.75. The molecule has 7 nitrogen and oxygen atoms in total. The Bertz CT molecular complexity index is 905. The summed E-state index contributed by atoms with van der Waals surface area (Å²) in [7, 11) is 1.54. The highest BCUT2D eigenvalue weighted by atomic mass is 16.5. The Hall–Kier alpha value is -3.24. The molecule has 1 unspecified atom stereocenters. The van der Waals surface area contributed by atoms with Gasteiger partial charge in [0.2, 0.25) is 5.91 Å². The third-order valence-corrected chi connectivity index (χ3v) is 5.75. The van der Waals surface area contributed by atoms with Crippen molar-refractivity contribution in [2.24, 2.45) is 0 Å². The summed E-state index contributed by atoms with van der Waals surface area (Å²) in [6.07, 6.45) is 1.02. The van der Waals surface area contributed by atoms with Crippen LogP contribution in [0.4, 0.5) is 5.69 Å². The summed E-state index contributed by atoms with van der Waals surface area (Å²) in [5.41, 5.74) is 1.79. The lowest BCUT2D eigenvalue weighted by Crippen LogP contribution is -2.52. The highest BCUT2D eigenvalue weighted by molar-refractivity contribution is 5.75. The number of anilines is 1. The fourth-order valence-electron chi connectivity index (χ4n) is 3.81. The van der Waals surface area contributed by atoms with Crippen molar-refractivity contribution >= 4 is 11.6 Å². The molecule has 2 aromatic carbocycles. The first-order chi connectivity index (χ1) is 15.6. The number of amides is 1. The molecule has 1 aliphatic rings. The van der Waals surface area contributed by atoms with E-state index in [9.17, 15) is 4.79 Å². The Balaban J connectivity index is 1.32. The van der Waals surface area contributed by atoms with Gasteiger partial charge in [-0.05, 0) is 37.6 Å². The number of carbonyl (C=O) groups is 1. The van der Waals surface area contributed by atoms with Gasteiger partial charge in [-0.25, -0.2) is 0 Å². The summed E-state index contributed by atoms with van der Waals surface area (Å²) in [5.74, 6) is 1.14. The van der Waals surface area contributed by atoms with Crippen molar-refractivity contribution in [3.63, 3.8) is 0 Å². The Labute approximate surface area is 190 Å². The number of ether oxygens (including phenoxy) is 2. The topological polar surface area (TPSA) is 77.8 Å². The van der Waals surface area contributed by atoms with Gasteiger partial charge in [-0.1, -0.05) is 18.2 Å². The van der Waals surface area contributed by atoms with Crippen LogP contribution in [-0.2, 0) is 4.79 Å². The fraction of sp³-hybridized carbons (Fsp3) is 0.440. The van der Waals surface area contributed by atoms with Crippen LogP contribution in [0.3, 0.4) is 0 Å². The van der Waals surface area contributed by atoms with E-state index in [0.29, 0.717) is 49.1 Å². The second kappa shape index (κ2) is 12.0. The van der Waals surface area contributed by atoms with Crippen molar-refractivity contribution in [3.8, 4) is 17.6 Å². The summed E-state index contributed by atoms with van der Waals surface area (Å²) in [4.78, 5) is 17.1. The second-order valence-corrected chi connectivity index (χ2v) is 7.94. The molecule has 2 aromatic rings. The van der Waals surface area contributed by atoms with Crippen molar-refractivity contribution in [2.45, 2.75) is 25.8 Å². The normalized spacial score (nSPS) is 15.0. The van der Waals surface area contributed by atoms with Gasteiger partial charge in [-0.2, -0.15) is 5.26 Å². The van der Waals surface area contributed by atoms with Crippen molar-refractivity contribution in [1.29, 1.82) is 5.26 Å². The number of benzene rings is 2. The number of piperazine rings is 1. The fourth-order valence-corrected chi connectivity index (χ4v) is 3.81. The Kier molecular flexibility index (Phi) is 8.76. The average Bonchev–Trinajstić information content (AvgIpc) is 2.85. The predicted octanol–water partition coefficient (Wildman–Crippen LogP) is 3.05. The molecule has 1 amide bonds. The molecule has 32 heavy (non-hydrogen) atoms. The molecule has 0 aromatic heterocycles. The van der Waals surface area contributed by atoms with E-state index in [-0.39, 0.29) is 5.91 Å². The molecule has 0 saturated carbocycles. The van der Waals surface area contributed by atoms with Crippen LogP contribution in [0.1, 0.15) is 25.3 Å². The third kappa shape index (κ3) is 6.63. The molecule has 1 aliphatic heterocycles. The molecule has 170 valence electrons. The van der Waals surface area contributed by atoms with Gasteiger partial charge in [0.25, 0.3) is 0 Å². The molecular formula is C25H32N4O3. The minimum atomic E-state index is 0.0372. The van der Waals surface area contributed by atoms with Crippen LogP contribution < -0.4 is 19.7 Å². The van der Waals surface area contributed by atoms with Gasteiger partial charge in [0.05, 0.1) is 25.3 Å². The van der Waals surface area contributed by atoms with E-state index in [4.69, 9.17) is 14.7 Å². The van der Waals surface area contributed by atoms with E-state index < -0.39 is 0 Å². The molecule has 1 atom stereocenters. The lowest BCUT2D eigenvalue weighted by molar-refractivity contribution is -0.121. The van der Waals surface area contributed by atoms with Crippen molar-refractivity contribution in [2.75, 3.05) is 51.3 Å². The highest BCUT2D eigenvalue weighted by Crippen LogP contribution is 2.28. The number of methoxy groups -OCH3 is 1. The first-order valence-corrected chi connectivity index (χ1v) is 11.1. The number of nitriles is 1. The zero-order chi connectivity index (χ0) is 22.8. The van der Waals surface area contributed by atoms with E-state index in [0.717, 1.165) is 26.2 Å². The summed E-state index contributed by atoms with van der Waals surface area (Å²) >= 11 is 0. The SMILES string of the molecule is COc1cc(C#N)ccc1OCCCC(=O)NCC(C)N1CCN(c2ccccc2)CC1. The van der Waals surface area contributed by atoms with Gasteiger partial charge in [0, 0.05) is 56.9 Å². The van der Waals surface area contributed by atoms with E-state index in [1.165, 1.54) is 5.69 Å². The highest BCUT2D eigenvalue weighted by Gasteiger charge is 2.21. The first kappa shape index (κ1) is 23.4. The standard InChI is InChI=1S/C25H32N4O3/c1-20(28-12-14-29(15-13-28)22-7-4-3-5-8-22)19-27-25(30)9-6-16-32-23-11-10-21(18-26)17-24(23)31-2/h3-5,7-8,10-11,17,20H,6,9,12-16,19H2,1-2H3,(H,27,30).